The number of hydrogen-bond acceptors (Lipinski definition) is 5. The zero-order valence-corrected chi connectivity index (χ0v) is 18.6. The Hall–Kier alpha value is -2.29. The van der Waals surface area contributed by atoms with Crippen LogP contribution in [0.2, 0.25) is 10.0 Å². The maximum Gasteiger partial charge on any atom is 0.408 e. The number of carbonyl (C=O) groups is 2. The second kappa shape index (κ2) is 11.2. The van der Waals surface area contributed by atoms with Crippen LogP contribution in [-0.4, -0.2) is 38.5 Å². The van der Waals surface area contributed by atoms with Crippen molar-refractivity contribution in [2.75, 3.05) is 12.0 Å². The number of sulfone groups is 1. The topological polar surface area (TPSA) is 102 Å². The van der Waals surface area contributed by atoms with Crippen molar-refractivity contribution in [1.82, 2.24) is 10.6 Å². The Morgan fingerprint density at radius 1 is 1.10 bits per heavy atom. The van der Waals surface area contributed by atoms with Gasteiger partial charge in [-0.15, -0.1) is 0 Å². The van der Waals surface area contributed by atoms with Crippen molar-refractivity contribution in [2.45, 2.75) is 25.6 Å². The quantitative estimate of drug-likeness (QED) is 0.582. The Balaban J connectivity index is 1.97. The number of halogens is 2. The van der Waals surface area contributed by atoms with Crippen molar-refractivity contribution in [3.63, 3.8) is 0 Å². The lowest BCUT2D eigenvalue weighted by atomic mass is 10.2. The van der Waals surface area contributed by atoms with Crippen molar-refractivity contribution >= 4 is 45.0 Å². The molecule has 30 heavy (non-hydrogen) atoms. The fourth-order valence-corrected chi connectivity index (χ4v) is 3.62. The van der Waals surface area contributed by atoms with Gasteiger partial charge in [0.1, 0.15) is 22.5 Å². The maximum absolute atomic E-state index is 12.6. The van der Waals surface area contributed by atoms with Crippen LogP contribution in [0.5, 0.6) is 0 Å². The van der Waals surface area contributed by atoms with E-state index < -0.39 is 27.9 Å². The van der Waals surface area contributed by atoms with E-state index in [1.165, 1.54) is 0 Å². The molecule has 0 radical (unpaired) electrons. The van der Waals surface area contributed by atoms with Gasteiger partial charge in [-0.2, -0.15) is 0 Å². The summed E-state index contributed by atoms with van der Waals surface area (Å²) in [6, 6.07) is 12.8. The molecule has 0 spiro atoms. The number of ether oxygens (including phenoxy) is 1. The average Bonchev–Trinajstić information content (AvgIpc) is 2.68. The molecule has 0 saturated heterocycles. The molecule has 0 aliphatic carbocycles. The van der Waals surface area contributed by atoms with Crippen molar-refractivity contribution in [1.29, 1.82) is 0 Å². The number of nitrogens with one attached hydrogen (secondary N) is 2. The van der Waals surface area contributed by atoms with Gasteiger partial charge in [0.2, 0.25) is 5.91 Å². The number of rotatable bonds is 9. The van der Waals surface area contributed by atoms with Crippen LogP contribution < -0.4 is 10.6 Å². The summed E-state index contributed by atoms with van der Waals surface area (Å²) in [5.41, 5.74) is 1.41. The molecule has 162 valence electrons. The molecule has 0 bridgehead atoms. The van der Waals surface area contributed by atoms with E-state index in [1.807, 2.05) is 6.07 Å². The summed E-state index contributed by atoms with van der Waals surface area (Å²) >= 11 is 11.9. The Bertz CT molecular complexity index is 984. The monoisotopic (exact) mass is 472 g/mol. The van der Waals surface area contributed by atoms with E-state index >= 15 is 0 Å². The second-order valence-corrected chi connectivity index (χ2v) is 9.73. The SMILES string of the molecule is CS(=O)(=O)CCC(NC(=O)OCc1ccccc1)C(=O)NCc1ccc(Cl)cc1Cl. The summed E-state index contributed by atoms with van der Waals surface area (Å²) in [5, 5.41) is 5.91. The zero-order valence-electron chi connectivity index (χ0n) is 16.2. The van der Waals surface area contributed by atoms with E-state index in [0.29, 0.717) is 15.6 Å². The van der Waals surface area contributed by atoms with Gasteiger partial charge in [-0.1, -0.05) is 59.6 Å². The molecule has 1 atom stereocenters. The predicted molar refractivity (Wildman–Crippen MR) is 116 cm³/mol. The average molecular weight is 473 g/mol. The van der Waals surface area contributed by atoms with Crippen LogP contribution in [-0.2, 0) is 32.5 Å². The first kappa shape index (κ1) is 24.0. The Kier molecular flexibility index (Phi) is 8.95. The molecule has 10 heteroatoms. The predicted octanol–water partition coefficient (Wildman–Crippen LogP) is 3.34. The molecule has 0 aromatic heterocycles. The normalized spacial score (nSPS) is 12.1. The fourth-order valence-electron chi connectivity index (χ4n) is 2.48. The maximum atomic E-state index is 12.6. The molecular formula is C20H22Cl2N2O5S. The molecule has 2 N–H and O–H groups in total. The summed E-state index contributed by atoms with van der Waals surface area (Å²) in [6.07, 6.45) is 0.139. The molecular weight excluding hydrogens is 451 g/mol. The van der Waals surface area contributed by atoms with E-state index in [1.54, 1.807) is 42.5 Å². The molecule has 0 fully saturated rings. The van der Waals surface area contributed by atoms with Gasteiger partial charge in [-0.05, 0) is 29.7 Å². The number of alkyl carbamates (subject to hydrolysis) is 1. The van der Waals surface area contributed by atoms with Gasteiger partial charge in [0, 0.05) is 22.8 Å². The van der Waals surface area contributed by atoms with E-state index in [9.17, 15) is 18.0 Å². The highest BCUT2D eigenvalue weighted by molar-refractivity contribution is 7.90. The molecule has 0 aliphatic heterocycles. The minimum atomic E-state index is -3.33. The van der Waals surface area contributed by atoms with Gasteiger partial charge in [-0.3, -0.25) is 4.79 Å². The molecule has 2 amide bonds. The summed E-state index contributed by atoms with van der Waals surface area (Å²) in [4.78, 5) is 24.7. The number of carbonyl (C=O) groups excluding carboxylic acids is 2. The van der Waals surface area contributed by atoms with Crippen LogP contribution in [0.1, 0.15) is 17.5 Å². The van der Waals surface area contributed by atoms with Crippen molar-refractivity contribution in [3.8, 4) is 0 Å². The first-order valence-electron chi connectivity index (χ1n) is 9.00. The lowest BCUT2D eigenvalue weighted by molar-refractivity contribution is -0.123. The van der Waals surface area contributed by atoms with Gasteiger partial charge < -0.3 is 15.4 Å². The van der Waals surface area contributed by atoms with Gasteiger partial charge in [-0.25, -0.2) is 13.2 Å². The fraction of sp³-hybridized carbons (Fsp3) is 0.300. The van der Waals surface area contributed by atoms with Gasteiger partial charge in [0.05, 0.1) is 5.75 Å². The highest BCUT2D eigenvalue weighted by Crippen LogP contribution is 2.20. The number of hydrogen-bond donors (Lipinski definition) is 2. The lowest BCUT2D eigenvalue weighted by Crippen LogP contribution is -2.47. The molecule has 0 aliphatic rings. The molecule has 1 unspecified atom stereocenters. The first-order chi connectivity index (χ1) is 14.1. The summed E-state index contributed by atoms with van der Waals surface area (Å²) in [5.74, 6) is -0.826. The van der Waals surface area contributed by atoms with Crippen LogP contribution in [0.4, 0.5) is 4.79 Å². The highest BCUT2D eigenvalue weighted by Gasteiger charge is 2.23. The van der Waals surface area contributed by atoms with Gasteiger partial charge in [0.25, 0.3) is 0 Å². The smallest absolute Gasteiger partial charge is 0.408 e. The Morgan fingerprint density at radius 3 is 2.43 bits per heavy atom. The zero-order chi connectivity index (χ0) is 22.1. The van der Waals surface area contributed by atoms with Crippen molar-refractivity contribution in [2.24, 2.45) is 0 Å². The molecule has 2 rings (SSSR count). The number of benzene rings is 2. The van der Waals surface area contributed by atoms with E-state index in [2.05, 4.69) is 10.6 Å². The lowest BCUT2D eigenvalue weighted by Gasteiger charge is -2.18. The molecule has 7 nitrogen and oxygen atoms in total. The third-order valence-corrected chi connectivity index (χ3v) is 5.63. The Labute approximate surface area is 185 Å². The van der Waals surface area contributed by atoms with Gasteiger partial charge in [0.15, 0.2) is 0 Å². The van der Waals surface area contributed by atoms with Crippen molar-refractivity contribution in [3.05, 3.63) is 69.7 Å². The molecule has 2 aromatic rings. The summed E-state index contributed by atoms with van der Waals surface area (Å²) in [6.45, 7) is 0.110. The van der Waals surface area contributed by atoms with Crippen LogP contribution in [0, 0.1) is 0 Å². The van der Waals surface area contributed by atoms with Crippen molar-refractivity contribution < 1.29 is 22.7 Å². The minimum Gasteiger partial charge on any atom is -0.445 e. The standard InChI is InChI=1S/C20H22Cl2N2O5S/c1-30(27,28)10-9-18(24-20(26)29-13-14-5-3-2-4-6-14)19(25)23-12-15-7-8-16(21)11-17(15)22/h2-8,11,18H,9-10,12-13H2,1H3,(H,23,25)(H,24,26). The first-order valence-corrected chi connectivity index (χ1v) is 11.8. The van der Waals surface area contributed by atoms with Crippen LogP contribution >= 0.6 is 23.2 Å². The molecule has 0 saturated carbocycles. The summed E-state index contributed by atoms with van der Waals surface area (Å²) in [7, 11) is -3.33. The van der Waals surface area contributed by atoms with Crippen LogP contribution in [0.15, 0.2) is 48.5 Å². The summed E-state index contributed by atoms with van der Waals surface area (Å²) < 4.78 is 28.1. The van der Waals surface area contributed by atoms with Crippen LogP contribution in [0.3, 0.4) is 0 Å². The van der Waals surface area contributed by atoms with E-state index in [0.717, 1.165) is 11.8 Å². The largest absolute Gasteiger partial charge is 0.445 e. The van der Waals surface area contributed by atoms with E-state index in [-0.39, 0.29) is 25.3 Å². The minimum absolute atomic E-state index is 0.0213. The highest BCUT2D eigenvalue weighted by atomic mass is 35.5. The molecule has 2 aromatic carbocycles. The number of amides is 2. The third kappa shape index (κ3) is 8.61. The van der Waals surface area contributed by atoms with Crippen LogP contribution in [0.25, 0.3) is 0 Å². The third-order valence-electron chi connectivity index (χ3n) is 4.07. The van der Waals surface area contributed by atoms with Gasteiger partial charge >= 0.3 is 6.09 Å². The molecule has 0 heterocycles. The van der Waals surface area contributed by atoms with E-state index in [4.69, 9.17) is 27.9 Å². The Morgan fingerprint density at radius 2 is 1.80 bits per heavy atom. The second-order valence-electron chi connectivity index (χ2n) is 6.63.